The fraction of sp³-hybridized carbons (Fsp3) is 0.458. The molecule has 0 saturated heterocycles. The molecule has 0 saturated carbocycles. The summed E-state index contributed by atoms with van der Waals surface area (Å²) in [4.78, 5) is 13.3. The Morgan fingerprint density at radius 1 is 1.31 bits per heavy atom. The van der Waals surface area contributed by atoms with Crippen LogP contribution in [-0.2, 0) is 14.6 Å². The van der Waals surface area contributed by atoms with Crippen molar-refractivity contribution in [2.75, 3.05) is 30.1 Å². The lowest BCUT2D eigenvalue weighted by Crippen LogP contribution is -2.27. The molecule has 0 aromatic heterocycles. The quantitative estimate of drug-likeness (QED) is 0.420. The van der Waals surface area contributed by atoms with Gasteiger partial charge in [0.1, 0.15) is 18.2 Å². The summed E-state index contributed by atoms with van der Waals surface area (Å²) in [7, 11) is -3.93. The second kappa shape index (κ2) is 10.7. The molecule has 0 unspecified atom stereocenters. The molecule has 2 aromatic carbocycles. The van der Waals surface area contributed by atoms with Gasteiger partial charge in [-0.1, -0.05) is 6.07 Å². The SMILES string of the molecule is CSc1cc2c(cc1OC[C@@H](C)C(=O)O)S(=O)(=O)C[C@H](CCC(C)(F)F)CN2c1cccc(F)c1. The summed E-state index contributed by atoms with van der Waals surface area (Å²) in [6.07, 6.45) is 1.26. The Balaban J connectivity index is 2.12. The van der Waals surface area contributed by atoms with Gasteiger partial charge in [-0.3, -0.25) is 4.79 Å². The highest BCUT2D eigenvalue weighted by atomic mass is 32.2. The van der Waals surface area contributed by atoms with Crippen LogP contribution < -0.4 is 9.64 Å². The van der Waals surface area contributed by atoms with E-state index in [1.165, 1.54) is 43.0 Å². The molecule has 2 aromatic rings. The van der Waals surface area contributed by atoms with Gasteiger partial charge in [0.15, 0.2) is 9.84 Å². The van der Waals surface area contributed by atoms with Crippen molar-refractivity contribution in [2.24, 2.45) is 11.8 Å². The van der Waals surface area contributed by atoms with E-state index in [1.54, 1.807) is 23.3 Å². The summed E-state index contributed by atoms with van der Waals surface area (Å²) in [6.45, 7) is 2.21. The van der Waals surface area contributed by atoms with Crippen molar-refractivity contribution >= 4 is 38.9 Å². The number of hydrogen-bond donors (Lipinski definition) is 1. The van der Waals surface area contributed by atoms with Crippen LogP contribution in [0.15, 0.2) is 46.2 Å². The number of carboxylic acids is 1. The molecule has 0 radical (unpaired) electrons. The molecule has 0 amide bonds. The zero-order valence-corrected chi connectivity index (χ0v) is 21.3. The van der Waals surface area contributed by atoms with Crippen LogP contribution in [0.25, 0.3) is 0 Å². The smallest absolute Gasteiger partial charge is 0.309 e. The number of ether oxygens (including phenoxy) is 1. The number of aliphatic carboxylic acids is 1. The molecule has 11 heteroatoms. The van der Waals surface area contributed by atoms with E-state index in [4.69, 9.17) is 9.84 Å². The molecule has 0 fully saturated rings. The van der Waals surface area contributed by atoms with Gasteiger partial charge < -0.3 is 14.7 Å². The van der Waals surface area contributed by atoms with E-state index in [-0.39, 0.29) is 36.0 Å². The summed E-state index contributed by atoms with van der Waals surface area (Å²) < 4.78 is 73.8. The number of alkyl halides is 2. The Kier molecular flexibility index (Phi) is 8.31. The molecule has 0 aliphatic carbocycles. The standard InChI is InChI=1S/C24H28F3NO5S2/c1-15(23(29)30)13-33-20-11-22-19(10-21(20)34-3)28(18-6-4-5-17(25)9-18)12-16(14-35(22,31)32)7-8-24(2,26)27/h4-6,9-11,15-16H,7-8,12-14H2,1-3H3,(H,29,30)/t15-,16-/m1/s1. The van der Waals surface area contributed by atoms with Crippen LogP contribution in [-0.4, -0.2) is 50.6 Å². The Morgan fingerprint density at radius 2 is 2.03 bits per heavy atom. The minimum Gasteiger partial charge on any atom is -0.491 e. The second-order valence-corrected chi connectivity index (χ2v) is 11.7. The van der Waals surface area contributed by atoms with E-state index in [0.717, 1.165) is 6.92 Å². The van der Waals surface area contributed by atoms with Gasteiger partial charge in [-0.05, 0) is 56.7 Å². The summed E-state index contributed by atoms with van der Waals surface area (Å²) >= 11 is 1.28. The maximum Gasteiger partial charge on any atom is 0.309 e. The zero-order valence-electron chi connectivity index (χ0n) is 19.6. The summed E-state index contributed by atoms with van der Waals surface area (Å²) in [5.41, 5.74) is 0.696. The summed E-state index contributed by atoms with van der Waals surface area (Å²) in [5.74, 6) is -6.09. The van der Waals surface area contributed by atoms with Crippen LogP contribution in [0.1, 0.15) is 26.7 Å². The molecular formula is C24H28F3NO5S2. The monoisotopic (exact) mass is 531 g/mol. The first kappa shape index (κ1) is 27.2. The van der Waals surface area contributed by atoms with Gasteiger partial charge in [-0.25, -0.2) is 21.6 Å². The van der Waals surface area contributed by atoms with Gasteiger partial charge in [0.25, 0.3) is 0 Å². The molecule has 1 aliphatic heterocycles. The van der Waals surface area contributed by atoms with Crippen LogP contribution in [0.2, 0.25) is 0 Å². The number of nitrogens with zero attached hydrogens (tertiary/aromatic N) is 1. The van der Waals surface area contributed by atoms with Gasteiger partial charge in [0.2, 0.25) is 5.92 Å². The molecule has 3 rings (SSSR count). The predicted octanol–water partition coefficient (Wildman–Crippen LogP) is 5.62. The maximum absolute atomic E-state index is 14.1. The Hall–Kier alpha value is -2.40. The van der Waals surface area contributed by atoms with Crippen LogP contribution >= 0.6 is 11.8 Å². The predicted molar refractivity (Wildman–Crippen MR) is 129 cm³/mol. The number of anilines is 2. The Morgan fingerprint density at radius 3 is 2.63 bits per heavy atom. The van der Waals surface area contributed by atoms with Crippen LogP contribution in [0, 0.1) is 17.7 Å². The van der Waals surface area contributed by atoms with Gasteiger partial charge in [0, 0.05) is 24.7 Å². The zero-order chi connectivity index (χ0) is 26.0. The summed E-state index contributed by atoms with van der Waals surface area (Å²) in [5, 5.41) is 9.15. The molecule has 6 nitrogen and oxygen atoms in total. The number of benzene rings is 2. The molecule has 192 valence electrons. The molecule has 35 heavy (non-hydrogen) atoms. The first-order valence-corrected chi connectivity index (χ1v) is 13.9. The van der Waals surface area contributed by atoms with Crippen molar-refractivity contribution in [1.82, 2.24) is 0 Å². The molecule has 1 heterocycles. The normalized spacial score (nSPS) is 18.5. The van der Waals surface area contributed by atoms with Crippen molar-refractivity contribution in [2.45, 2.75) is 42.4 Å². The number of thioether (sulfide) groups is 1. The highest BCUT2D eigenvalue weighted by Gasteiger charge is 2.35. The minimum atomic E-state index is -3.93. The second-order valence-electron chi connectivity index (χ2n) is 8.87. The van der Waals surface area contributed by atoms with Crippen LogP contribution in [0.5, 0.6) is 5.75 Å². The number of carboxylic acid groups (broad SMARTS) is 1. The third-order valence-electron chi connectivity index (χ3n) is 5.79. The number of carbonyl (C=O) groups is 1. The van der Waals surface area contributed by atoms with Gasteiger partial charge in [-0.15, -0.1) is 11.8 Å². The lowest BCUT2D eigenvalue weighted by Gasteiger charge is -2.28. The van der Waals surface area contributed by atoms with Gasteiger partial charge in [0.05, 0.1) is 27.1 Å². The number of halogens is 3. The summed E-state index contributed by atoms with van der Waals surface area (Å²) in [6, 6.07) is 8.63. The van der Waals surface area contributed by atoms with E-state index in [0.29, 0.717) is 16.3 Å². The first-order chi connectivity index (χ1) is 16.3. The van der Waals surface area contributed by atoms with Gasteiger partial charge in [-0.2, -0.15) is 0 Å². The average molecular weight is 532 g/mol. The Labute approximate surface area is 207 Å². The van der Waals surface area contributed by atoms with Crippen molar-refractivity contribution in [3.8, 4) is 5.75 Å². The van der Waals surface area contributed by atoms with Crippen LogP contribution in [0.3, 0.4) is 0 Å². The highest BCUT2D eigenvalue weighted by molar-refractivity contribution is 7.98. The first-order valence-electron chi connectivity index (χ1n) is 11.0. The topological polar surface area (TPSA) is 83.9 Å². The molecule has 2 atom stereocenters. The Bertz CT molecular complexity index is 1180. The van der Waals surface area contributed by atoms with E-state index in [2.05, 4.69) is 0 Å². The lowest BCUT2D eigenvalue weighted by molar-refractivity contribution is -0.142. The molecule has 0 bridgehead atoms. The molecule has 1 aliphatic rings. The van der Waals surface area contributed by atoms with Gasteiger partial charge >= 0.3 is 5.97 Å². The fourth-order valence-electron chi connectivity index (χ4n) is 3.88. The molecule has 0 spiro atoms. The lowest BCUT2D eigenvalue weighted by atomic mass is 10.0. The van der Waals surface area contributed by atoms with Crippen molar-refractivity contribution < 1.29 is 36.2 Å². The van der Waals surface area contributed by atoms with E-state index < -0.39 is 45.8 Å². The average Bonchev–Trinajstić information content (AvgIpc) is 2.88. The minimum absolute atomic E-state index is 0.0304. The van der Waals surface area contributed by atoms with E-state index >= 15 is 0 Å². The number of hydrogen-bond acceptors (Lipinski definition) is 6. The third-order valence-corrected chi connectivity index (χ3v) is 8.46. The van der Waals surface area contributed by atoms with Crippen LogP contribution in [0.4, 0.5) is 24.5 Å². The molecule has 1 N–H and O–H groups in total. The van der Waals surface area contributed by atoms with Crippen molar-refractivity contribution in [3.63, 3.8) is 0 Å². The fourth-order valence-corrected chi connectivity index (χ4v) is 6.27. The maximum atomic E-state index is 14.1. The highest BCUT2D eigenvalue weighted by Crippen LogP contribution is 2.43. The molecular weight excluding hydrogens is 503 g/mol. The third kappa shape index (κ3) is 6.84. The number of sulfone groups is 1. The largest absolute Gasteiger partial charge is 0.491 e. The van der Waals surface area contributed by atoms with E-state index in [1.807, 2.05) is 0 Å². The van der Waals surface area contributed by atoms with Crippen molar-refractivity contribution in [1.29, 1.82) is 0 Å². The van der Waals surface area contributed by atoms with E-state index in [9.17, 15) is 26.4 Å². The number of fused-ring (bicyclic) bond motifs is 1. The van der Waals surface area contributed by atoms with Crippen molar-refractivity contribution in [3.05, 3.63) is 42.2 Å². The number of rotatable bonds is 9.